The number of rotatable bonds is 4. The fourth-order valence-corrected chi connectivity index (χ4v) is 2.28. The molecule has 1 aliphatic heterocycles. The smallest absolute Gasteiger partial charge is 0.261 e. The number of benzene rings is 1. The normalized spacial score (nSPS) is 17.2. The largest absolute Gasteiger partial charge is 0.318 e. The van der Waals surface area contributed by atoms with Crippen LogP contribution in [0, 0.1) is 6.92 Å². The minimum Gasteiger partial charge on any atom is -0.318 e. The number of aryl methyl sites for hydroxylation is 1. The summed E-state index contributed by atoms with van der Waals surface area (Å²) in [5, 5.41) is 3.46. The van der Waals surface area contributed by atoms with Gasteiger partial charge in [0.05, 0.1) is 11.6 Å². The molecular weight excluding hydrogens is 298 g/mol. The molecule has 2 rings (SSSR count). The Bertz CT molecular complexity index is 469. The van der Waals surface area contributed by atoms with E-state index in [1.54, 1.807) is 17.0 Å². The van der Waals surface area contributed by atoms with Crippen LogP contribution in [0.2, 0.25) is 5.02 Å². The van der Waals surface area contributed by atoms with Gasteiger partial charge in [-0.3, -0.25) is 9.69 Å². The fourth-order valence-electron chi connectivity index (χ4n) is 2.00. The van der Waals surface area contributed by atoms with Gasteiger partial charge in [0.25, 0.3) is 5.92 Å². The maximum Gasteiger partial charge on any atom is 0.261 e. The Labute approximate surface area is 129 Å². The fraction of sp³-hybridized carbons (Fsp3) is 0.533. The SMILES string of the molecule is CNCCN1CCC(F)(F)C1.Cc1ccc(C=O)c(Cl)c1. The second kappa shape index (κ2) is 8.41. The standard InChI is InChI=1S/C8H7ClO.C7H14F2N2/c1-6-2-3-7(5-10)8(9)4-6;1-10-3-5-11-4-2-7(8,9)6-11/h2-5H,1H3;10H,2-6H2,1H3. The van der Waals surface area contributed by atoms with Crippen LogP contribution in [0.15, 0.2) is 18.2 Å². The number of nitrogens with one attached hydrogen (secondary N) is 1. The number of hydrogen-bond donors (Lipinski definition) is 1. The lowest BCUT2D eigenvalue weighted by Crippen LogP contribution is -2.31. The van der Waals surface area contributed by atoms with E-state index >= 15 is 0 Å². The van der Waals surface area contributed by atoms with E-state index in [0.717, 1.165) is 24.9 Å². The molecule has 6 heteroatoms. The van der Waals surface area contributed by atoms with Crippen molar-refractivity contribution >= 4 is 17.9 Å². The van der Waals surface area contributed by atoms with Gasteiger partial charge in [0.1, 0.15) is 0 Å². The third-order valence-corrected chi connectivity index (χ3v) is 3.54. The molecule has 1 aliphatic rings. The Kier molecular flexibility index (Phi) is 7.22. The number of likely N-dealkylation sites (N-methyl/N-ethyl adjacent to an activating group) is 1. The quantitative estimate of drug-likeness (QED) is 0.866. The van der Waals surface area contributed by atoms with Gasteiger partial charge in [0, 0.05) is 31.6 Å². The lowest BCUT2D eigenvalue weighted by Gasteiger charge is -2.14. The van der Waals surface area contributed by atoms with Crippen molar-refractivity contribution in [1.82, 2.24) is 10.2 Å². The van der Waals surface area contributed by atoms with Crippen LogP contribution >= 0.6 is 11.6 Å². The van der Waals surface area contributed by atoms with E-state index in [-0.39, 0.29) is 13.0 Å². The zero-order valence-corrected chi connectivity index (χ0v) is 13.1. The van der Waals surface area contributed by atoms with E-state index < -0.39 is 5.92 Å². The summed E-state index contributed by atoms with van der Waals surface area (Å²) in [4.78, 5) is 12.0. The first-order valence-electron chi connectivity index (χ1n) is 6.84. The Morgan fingerprint density at radius 2 is 2.19 bits per heavy atom. The summed E-state index contributed by atoms with van der Waals surface area (Å²) in [5.41, 5.74) is 1.61. The number of carbonyl (C=O) groups excluding carboxylic acids is 1. The maximum absolute atomic E-state index is 12.6. The minimum atomic E-state index is -2.44. The monoisotopic (exact) mass is 318 g/mol. The second-order valence-corrected chi connectivity index (χ2v) is 5.54. The third-order valence-electron chi connectivity index (χ3n) is 3.21. The molecule has 0 unspecified atom stereocenters. The number of hydrogen-bond acceptors (Lipinski definition) is 3. The number of likely N-dealkylation sites (tertiary alicyclic amines) is 1. The van der Waals surface area contributed by atoms with Gasteiger partial charge >= 0.3 is 0 Å². The van der Waals surface area contributed by atoms with Gasteiger partial charge in [-0.1, -0.05) is 17.7 Å². The molecule has 0 radical (unpaired) electrons. The summed E-state index contributed by atoms with van der Waals surface area (Å²) in [6.07, 6.45) is 0.776. The number of alkyl halides is 2. The molecule has 0 bridgehead atoms. The van der Waals surface area contributed by atoms with Crippen molar-refractivity contribution in [2.75, 3.05) is 33.2 Å². The topological polar surface area (TPSA) is 32.3 Å². The Hall–Kier alpha value is -1.04. The molecule has 118 valence electrons. The third kappa shape index (κ3) is 6.50. The Morgan fingerprint density at radius 3 is 2.67 bits per heavy atom. The summed E-state index contributed by atoms with van der Waals surface area (Å²) in [5.74, 6) is -2.44. The van der Waals surface area contributed by atoms with Crippen molar-refractivity contribution < 1.29 is 13.6 Å². The highest BCUT2D eigenvalue weighted by atomic mass is 35.5. The summed E-state index contributed by atoms with van der Waals surface area (Å²) in [6, 6.07) is 5.34. The highest BCUT2D eigenvalue weighted by molar-refractivity contribution is 6.33. The van der Waals surface area contributed by atoms with Crippen LogP contribution < -0.4 is 5.32 Å². The predicted molar refractivity (Wildman–Crippen MR) is 81.5 cm³/mol. The van der Waals surface area contributed by atoms with E-state index in [4.69, 9.17) is 11.6 Å². The number of halogens is 3. The molecule has 1 aromatic rings. The average Bonchev–Trinajstić information content (AvgIpc) is 2.77. The van der Waals surface area contributed by atoms with E-state index in [2.05, 4.69) is 5.32 Å². The van der Waals surface area contributed by atoms with Gasteiger partial charge in [-0.2, -0.15) is 0 Å². The van der Waals surface area contributed by atoms with E-state index in [1.807, 2.05) is 20.0 Å². The minimum absolute atomic E-state index is 0.0245. The molecule has 1 heterocycles. The average molecular weight is 319 g/mol. The molecule has 0 amide bonds. The second-order valence-electron chi connectivity index (χ2n) is 5.13. The van der Waals surface area contributed by atoms with Crippen molar-refractivity contribution in [3.8, 4) is 0 Å². The van der Waals surface area contributed by atoms with Crippen molar-refractivity contribution in [1.29, 1.82) is 0 Å². The Balaban J connectivity index is 0.000000211. The van der Waals surface area contributed by atoms with Crippen LogP contribution in [0.4, 0.5) is 8.78 Å². The number of carbonyl (C=O) groups is 1. The van der Waals surface area contributed by atoms with Gasteiger partial charge < -0.3 is 5.32 Å². The van der Waals surface area contributed by atoms with Gasteiger partial charge in [-0.15, -0.1) is 0 Å². The van der Waals surface area contributed by atoms with Crippen LogP contribution in [0.1, 0.15) is 22.3 Å². The highest BCUT2D eigenvalue weighted by Gasteiger charge is 2.37. The first kappa shape index (κ1) is 18.0. The molecule has 0 aromatic heterocycles. The van der Waals surface area contributed by atoms with Crippen molar-refractivity contribution in [2.45, 2.75) is 19.3 Å². The van der Waals surface area contributed by atoms with Crippen LogP contribution in [-0.4, -0.2) is 50.3 Å². The molecule has 1 N–H and O–H groups in total. The van der Waals surface area contributed by atoms with Gasteiger partial charge in [0.15, 0.2) is 6.29 Å². The summed E-state index contributed by atoms with van der Waals surface area (Å²) < 4.78 is 25.1. The zero-order valence-electron chi connectivity index (χ0n) is 12.3. The molecule has 21 heavy (non-hydrogen) atoms. The first-order valence-corrected chi connectivity index (χ1v) is 7.22. The molecule has 0 saturated carbocycles. The predicted octanol–water partition coefficient (Wildman–Crippen LogP) is 3.01. The summed E-state index contributed by atoms with van der Waals surface area (Å²) >= 11 is 5.70. The molecule has 1 aromatic carbocycles. The van der Waals surface area contributed by atoms with Gasteiger partial charge in [0.2, 0.25) is 0 Å². The molecule has 0 spiro atoms. The molecule has 1 fully saturated rings. The maximum atomic E-state index is 12.6. The lowest BCUT2D eigenvalue weighted by atomic mass is 10.2. The van der Waals surface area contributed by atoms with Crippen molar-refractivity contribution in [2.24, 2.45) is 0 Å². The van der Waals surface area contributed by atoms with E-state index in [9.17, 15) is 13.6 Å². The molecule has 3 nitrogen and oxygen atoms in total. The summed E-state index contributed by atoms with van der Waals surface area (Å²) in [6.45, 7) is 3.92. The molecule has 0 atom stereocenters. The van der Waals surface area contributed by atoms with Gasteiger partial charge in [-0.25, -0.2) is 8.78 Å². The molecule has 1 saturated heterocycles. The van der Waals surface area contributed by atoms with Crippen LogP contribution in [-0.2, 0) is 0 Å². The lowest BCUT2D eigenvalue weighted by molar-refractivity contribution is 0.0124. The first-order chi connectivity index (χ1) is 9.88. The molecular formula is C15H21ClF2N2O. The highest BCUT2D eigenvalue weighted by Crippen LogP contribution is 2.26. The Morgan fingerprint density at radius 1 is 1.48 bits per heavy atom. The number of aldehydes is 1. The van der Waals surface area contributed by atoms with E-state index in [1.165, 1.54) is 0 Å². The van der Waals surface area contributed by atoms with Crippen LogP contribution in [0.5, 0.6) is 0 Å². The number of nitrogens with zero attached hydrogens (tertiary/aromatic N) is 1. The van der Waals surface area contributed by atoms with Crippen LogP contribution in [0.25, 0.3) is 0 Å². The van der Waals surface area contributed by atoms with Gasteiger partial charge in [-0.05, 0) is 31.7 Å². The van der Waals surface area contributed by atoms with Crippen molar-refractivity contribution in [3.05, 3.63) is 34.3 Å². The van der Waals surface area contributed by atoms with Crippen molar-refractivity contribution in [3.63, 3.8) is 0 Å². The summed E-state index contributed by atoms with van der Waals surface area (Å²) in [7, 11) is 1.83. The van der Waals surface area contributed by atoms with Crippen LogP contribution in [0.3, 0.4) is 0 Å². The van der Waals surface area contributed by atoms with E-state index in [0.29, 0.717) is 17.1 Å². The zero-order chi connectivity index (χ0) is 15.9. The molecule has 0 aliphatic carbocycles.